The van der Waals surface area contributed by atoms with Crippen molar-refractivity contribution in [2.24, 2.45) is 5.92 Å². The monoisotopic (exact) mass is 419 g/mol. The molecule has 0 aliphatic rings. The lowest BCUT2D eigenvalue weighted by atomic mass is 9.90. The van der Waals surface area contributed by atoms with E-state index in [1.807, 2.05) is 45.0 Å². The second-order valence-corrected chi connectivity index (χ2v) is 8.34. The van der Waals surface area contributed by atoms with Crippen molar-refractivity contribution in [2.45, 2.75) is 77.7 Å². The summed E-state index contributed by atoms with van der Waals surface area (Å²) in [6.45, 7) is 9.56. The molecule has 0 aliphatic heterocycles. The maximum Gasteiger partial charge on any atom is 0.389 e. The molecule has 0 bridgehead atoms. The Morgan fingerprint density at radius 2 is 1.66 bits per heavy atom. The van der Waals surface area contributed by atoms with Gasteiger partial charge in [-0.1, -0.05) is 29.8 Å². The number of amides is 1. The van der Waals surface area contributed by atoms with Crippen LogP contribution >= 0.6 is 0 Å². The lowest BCUT2D eigenvalue weighted by Crippen LogP contribution is -2.46. The molecule has 0 radical (unpaired) electrons. The first-order valence-electron chi connectivity index (χ1n) is 9.78. The zero-order chi connectivity index (χ0) is 22.7. The van der Waals surface area contributed by atoms with Crippen LogP contribution in [0.3, 0.4) is 0 Å². The van der Waals surface area contributed by atoms with E-state index >= 15 is 0 Å². The van der Waals surface area contributed by atoms with E-state index < -0.39 is 23.8 Å². The Morgan fingerprint density at radius 3 is 2.03 bits per heavy atom. The molecule has 1 aromatic carbocycles. The fourth-order valence-corrected chi connectivity index (χ4v) is 2.37. The second kappa shape index (κ2) is 12.2. The van der Waals surface area contributed by atoms with E-state index in [0.29, 0.717) is 25.8 Å². The van der Waals surface area contributed by atoms with Gasteiger partial charge in [0, 0.05) is 20.1 Å². The van der Waals surface area contributed by atoms with Crippen LogP contribution in [0, 0.1) is 12.8 Å². The van der Waals surface area contributed by atoms with Gasteiger partial charge < -0.3 is 15.2 Å². The number of carbonyl (C=O) groups is 1. The first kappa shape index (κ1) is 27.4. The minimum absolute atomic E-state index is 0.0771. The summed E-state index contributed by atoms with van der Waals surface area (Å²) in [6.07, 6.45) is -3.06. The Morgan fingerprint density at radius 1 is 1.10 bits per heavy atom. The van der Waals surface area contributed by atoms with E-state index in [9.17, 15) is 23.1 Å². The standard InChI is InChI=1S/C15H20F3NO.C7H16O2/c1-12-2-4-13(5-3-12)10-14(7-9-19-11-20)6-8-15(16,17)18;1-6(2,8)7(3,4)9-5/h2-5,11,14H,6-10H2,1H3,(H,19,20);8H,1-5H3. The molecular weight excluding hydrogens is 383 g/mol. The molecule has 0 saturated carbocycles. The van der Waals surface area contributed by atoms with E-state index in [1.165, 1.54) is 0 Å². The molecule has 0 aromatic heterocycles. The summed E-state index contributed by atoms with van der Waals surface area (Å²) in [6, 6.07) is 7.81. The number of methoxy groups -OCH3 is 1. The summed E-state index contributed by atoms with van der Waals surface area (Å²) in [7, 11) is 1.60. The first-order chi connectivity index (χ1) is 13.2. The summed E-state index contributed by atoms with van der Waals surface area (Å²) >= 11 is 0. The number of aryl methyl sites for hydroxylation is 1. The minimum atomic E-state index is -4.12. The third-order valence-corrected chi connectivity index (χ3v) is 5.24. The van der Waals surface area contributed by atoms with Crippen molar-refractivity contribution in [3.8, 4) is 0 Å². The molecule has 0 aliphatic carbocycles. The van der Waals surface area contributed by atoms with Crippen molar-refractivity contribution in [2.75, 3.05) is 13.7 Å². The van der Waals surface area contributed by atoms with Gasteiger partial charge in [0.2, 0.25) is 6.41 Å². The molecule has 0 spiro atoms. The molecule has 1 aromatic rings. The number of nitrogens with one attached hydrogen (secondary N) is 1. The van der Waals surface area contributed by atoms with Crippen LogP contribution < -0.4 is 5.32 Å². The van der Waals surface area contributed by atoms with E-state index in [0.717, 1.165) is 11.1 Å². The third-order valence-electron chi connectivity index (χ3n) is 5.24. The number of hydrogen-bond donors (Lipinski definition) is 2. The van der Waals surface area contributed by atoms with Crippen LogP contribution in [0.15, 0.2) is 24.3 Å². The maximum absolute atomic E-state index is 12.3. The number of benzene rings is 1. The second-order valence-electron chi connectivity index (χ2n) is 8.34. The van der Waals surface area contributed by atoms with E-state index in [-0.39, 0.29) is 12.3 Å². The topological polar surface area (TPSA) is 58.6 Å². The van der Waals surface area contributed by atoms with Gasteiger partial charge >= 0.3 is 6.18 Å². The minimum Gasteiger partial charge on any atom is -0.387 e. The van der Waals surface area contributed by atoms with E-state index in [4.69, 9.17) is 4.74 Å². The van der Waals surface area contributed by atoms with Crippen LogP contribution in [0.5, 0.6) is 0 Å². The quantitative estimate of drug-likeness (QED) is 0.422. The van der Waals surface area contributed by atoms with Crippen LogP contribution in [0.4, 0.5) is 13.2 Å². The summed E-state index contributed by atoms with van der Waals surface area (Å²) in [5.41, 5.74) is 0.923. The molecule has 29 heavy (non-hydrogen) atoms. The predicted molar refractivity (Wildman–Crippen MR) is 110 cm³/mol. The molecule has 1 unspecified atom stereocenters. The van der Waals surface area contributed by atoms with Gasteiger partial charge in [0.05, 0.1) is 11.2 Å². The Balaban J connectivity index is 0.000000734. The van der Waals surface area contributed by atoms with Gasteiger partial charge in [-0.2, -0.15) is 13.2 Å². The van der Waals surface area contributed by atoms with E-state index in [2.05, 4.69) is 5.32 Å². The van der Waals surface area contributed by atoms with Crippen LogP contribution in [0.25, 0.3) is 0 Å². The Kier molecular flexibility index (Phi) is 11.5. The molecule has 1 atom stereocenters. The number of carbonyl (C=O) groups excluding carboxylic acids is 1. The fourth-order valence-electron chi connectivity index (χ4n) is 2.37. The largest absolute Gasteiger partial charge is 0.389 e. The highest BCUT2D eigenvalue weighted by Gasteiger charge is 2.34. The van der Waals surface area contributed by atoms with Gasteiger partial charge in [0.1, 0.15) is 0 Å². The average molecular weight is 420 g/mol. The molecule has 0 heterocycles. The van der Waals surface area contributed by atoms with Crippen LogP contribution in [-0.2, 0) is 16.0 Å². The van der Waals surface area contributed by atoms with E-state index in [1.54, 1.807) is 21.0 Å². The molecule has 7 heteroatoms. The Hall–Kier alpha value is -1.60. The van der Waals surface area contributed by atoms with Crippen molar-refractivity contribution in [3.63, 3.8) is 0 Å². The van der Waals surface area contributed by atoms with Crippen molar-refractivity contribution in [3.05, 3.63) is 35.4 Å². The Bertz CT molecular complexity index is 578. The van der Waals surface area contributed by atoms with Gasteiger partial charge in [0.25, 0.3) is 0 Å². The highest BCUT2D eigenvalue weighted by Crippen LogP contribution is 2.27. The SMILES string of the molecule is COC(C)(C)C(C)(C)O.Cc1ccc(CC(CCNC=O)CCC(F)(F)F)cc1. The lowest BCUT2D eigenvalue weighted by molar-refractivity contribution is -0.137. The normalized spacial score (nSPS) is 13.3. The smallest absolute Gasteiger partial charge is 0.387 e. The first-order valence-corrected chi connectivity index (χ1v) is 9.78. The molecular formula is C22H36F3NO3. The highest BCUT2D eigenvalue weighted by atomic mass is 19.4. The average Bonchev–Trinajstić information content (AvgIpc) is 2.60. The summed E-state index contributed by atoms with van der Waals surface area (Å²) < 4.78 is 42.0. The lowest BCUT2D eigenvalue weighted by Gasteiger charge is -2.35. The van der Waals surface area contributed by atoms with Gasteiger partial charge in [-0.05, 0) is 65.4 Å². The molecule has 2 N–H and O–H groups in total. The van der Waals surface area contributed by atoms with Gasteiger partial charge in [-0.15, -0.1) is 0 Å². The van der Waals surface area contributed by atoms with Crippen molar-refractivity contribution < 1.29 is 27.8 Å². The molecule has 0 saturated heterocycles. The number of aliphatic hydroxyl groups is 1. The number of rotatable bonds is 10. The molecule has 4 nitrogen and oxygen atoms in total. The van der Waals surface area contributed by atoms with Gasteiger partial charge in [-0.25, -0.2) is 0 Å². The maximum atomic E-state index is 12.3. The molecule has 1 rings (SSSR count). The van der Waals surface area contributed by atoms with Crippen molar-refractivity contribution >= 4 is 6.41 Å². The fraction of sp³-hybridized carbons (Fsp3) is 0.682. The molecule has 1 amide bonds. The zero-order valence-electron chi connectivity index (χ0n) is 18.4. The molecule has 168 valence electrons. The van der Waals surface area contributed by atoms with Crippen molar-refractivity contribution in [1.82, 2.24) is 5.32 Å². The number of hydrogen-bond acceptors (Lipinski definition) is 3. The van der Waals surface area contributed by atoms with Crippen molar-refractivity contribution in [1.29, 1.82) is 0 Å². The number of alkyl halides is 3. The predicted octanol–water partition coefficient (Wildman–Crippen LogP) is 4.81. The van der Waals surface area contributed by atoms with Crippen LogP contribution in [0.1, 0.15) is 58.1 Å². The zero-order valence-corrected chi connectivity index (χ0v) is 18.4. The molecule has 0 fully saturated rings. The van der Waals surface area contributed by atoms with Gasteiger partial charge in [-0.3, -0.25) is 4.79 Å². The van der Waals surface area contributed by atoms with Gasteiger partial charge in [0.15, 0.2) is 0 Å². The number of ether oxygens (including phenoxy) is 1. The highest BCUT2D eigenvalue weighted by molar-refractivity contribution is 5.45. The van der Waals surface area contributed by atoms with Crippen LogP contribution in [0.2, 0.25) is 0 Å². The summed E-state index contributed by atoms with van der Waals surface area (Å²) in [4.78, 5) is 10.2. The van der Waals surface area contributed by atoms with Crippen LogP contribution in [-0.4, -0.2) is 42.5 Å². The number of halogens is 3. The summed E-state index contributed by atoms with van der Waals surface area (Å²) in [5, 5.41) is 11.9. The summed E-state index contributed by atoms with van der Waals surface area (Å²) in [5.74, 6) is -0.0771. The Labute approximate surface area is 172 Å². The third kappa shape index (κ3) is 12.5.